The summed E-state index contributed by atoms with van der Waals surface area (Å²) in [4.78, 5) is 32.5. The molecule has 0 bridgehead atoms. The Morgan fingerprint density at radius 1 is 1.31 bits per heavy atom. The lowest BCUT2D eigenvalue weighted by Gasteiger charge is -2.38. The minimum Gasteiger partial charge on any atom is -0.386 e. The molecule has 0 spiro atoms. The van der Waals surface area contributed by atoms with Crippen LogP contribution in [-0.2, 0) is 14.4 Å². The molecule has 2 heterocycles. The highest BCUT2D eigenvalue weighted by molar-refractivity contribution is 5.83. The number of piperidine rings is 1. The average molecular weight is 404 g/mol. The fraction of sp³-hybridized carbons (Fsp3) is 0.600. The average Bonchev–Trinajstić information content (AvgIpc) is 2.71. The SMILES string of the molecule is C[C@@H]1CCC[C@H](C)N1C(=O)CO/N=C\c1ccc(N2CCOCC2)c([N+](=O)[O-])c1. The van der Waals surface area contributed by atoms with Crippen LogP contribution in [0.25, 0.3) is 0 Å². The molecule has 1 aromatic carbocycles. The molecule has 158 valence electrons. The standard InChI is InChI=1S/C20H28N4O5/c1-15-4-3-5-16(2)23(15)20(25)14-29-21-13-17-6-7-18(19(12-17)24(26)27)22-8-10-28-11-9-22/h6-7,12-13,15-16H,3-5,8-11,14H2,1-2H3/b21-13-/t15-,16+. The lowest BCUT2D eigenvalue weighted by molar-refractivity contribution is -0.384. The van der Waals surface area contributed by atoms with Crippen molar-refractivity contribution in [3.05, 3.63) is 33.9 Å². The summed E-state index contributed by atoms with van der Waals surface area (Å²) in [5.74, 6) is -0.0875. The first-order valence-corrected chi connectivity index (χ1v) is 10.0. The van der Waals surface area contributed by atoms with E-state index in [2.05, 4.69) is 5.16 Å². The van der Waals surface area contributed by atoms with Gasteiger partial charge in [0, 0.05) is 36.8 Å². The smallest absolute Gasteiger partial charge is 0.293 e. The Hall–Kier alpha value is -2.68. The minimum atomic E-state index is -0.397. The molecule has 2 aliphatic rings. The largest absolute Gasteiger partial charge is 0.386 e. The van der Waals surface area contributed by atoms with Crippen LogP contribution in [0.15, 0.2) is 23.4 Å². The van der Waals surface area contributed by atoms with Gasteiger partial charge in [-0.05, 0) is 39.2 Å². The molecule has 1 aromatic rings. The molecule has 2 fully saturated rings. The number of anilines is 1. The van der Waals surface area contributed by atoms with Gasteiger partial charge in [0.05, 0.1) is 24.4 Å². The van der Waals surface area contributed by atoms with Gasteiger partial charge in [-0.25, -0.2) is 0 Å². The number of oxime groups is 1. The van der Waals surface area contributed by atoms with Crippen LogP contribution >= 0.6 is 0 Å². The van der Waals surface area contributed by atoms with E-state index in [9.17, 15) is 14.9 Å². The van der Waals surface area contributed by atoms with Gasteiger partial charge in [0.2, 0.25) is 0 Å². The molecule has 2 saturated heterocycles. The van der Waals surface area contributed by atoms with Gasteiger partial charge in [-0.3, -0.25) is 14.9 Å². The number of morpholine rings is 1. The highest BCUT2D eigenvalue weighted by atomic mass is 16.6. The van der Waals surface area contributed by atoms with Crippen molar-refractivity contribution in [3.63, 3.8) is 0 Å². The quantitative estimate of drug-likeness (QED) is 0.411. The number of nitro groups is 1. The van der Waals surface area contributed by atoms with Crippen LogP contribution in [0.5, 0.6) is 0 Å². The summed E-state index contributed by atoms with van der Waals surface area (Å²) in [6, 6.07) is 5.34. The molecular formula is C20H28N4O5. The van der Waals surface area contributed by atoms with Crippen LogP contribution in [0.4, 0.5) is 11.4 Å². The van der Waals surface area contributed by atoms with Gasteiger partial charge >= 0.3 is 0 Å². The first-order chi connectivity index (χ1) is 14.0. The van der Waals surface area contributed by atoms with Crippen molar-refractivity contribution < 1.29 is 19.3 Å². The van der Waals surface area contributed by atoms with Crippen molar-refractivity contribution in [1.29, 1.82) is 0 Å². The number of ether oxygens (including phenoxy) is 1. The molecule has 1 amide bonds. The van der Waals surface area contributed by atoms with Crippen LogP contribution in [0.3, 0.4) is 0 Å². The predicted molar refractivity (Wildman–Crippen MR) is 109 cm³/mol. The van der Waals surface area contributed by atoms with E-state index < -0.39 is 4.92 Å². The molecule has 0 radical (unpaired) electrons. The zero-order valence-corrected chi connectivity index (χ0v) is 17.0. The van der Waals surface area contributed by atoms with E-state index in [0.717, 1.165) is 19.3 Å². The third-order valence-electron chi connectivity index (χ3n) is 5.49. The van der Waals surface area contributed by atoms with E-state index in [1.165, 1.54) is 12.3 Å². The summed E-state index contributed by atoms with van der Waals surface area (Å²) in [6.45, 7) is 6.30. The second-order valence-corrected chi connectivity index (χ2v) is 7.54. The Balaban J connectivity index is 1.60. The number of carbonyl (C=O) groups excluding carboxylic acids is 1. The molecule has 0 saturated carbocycles. The molecule has 9 nitrogen and oxygen atoms in total. The van der Waals surface area contributed by atoms with Crippen LogP contribution in [-0.4, -0.2) is 66.9 Å². The van der Waals surface area contributed by atoms with Crippen LogP contribution in [0.2, 0.25) is 0 Å². The van der Waals surface area contributed by atoms with Gasteiger partial charge in [0.25, 0.3) is 11.6 Å². The van der Waals surface area contributed by atoms with E-state index in [0.29, 0.717) is 37.6 Å². The number of carbonyl (C=O) groups is 1. The number of benzene rings is 1. The number of nitrogens with zero attached hydrogens (tertiary/aromatic N) is 4. The fourth-order valence-corrected chi connectivity index (χ4v) is 4.02. The molecule has 0 N–H and O–H groups in total. The minimum absolute atomic E-state index is 0.0166. The lowest BCUT2D eigenvalue weighted by Crippen LogP contribution is -2.48. The zero-order chi connectivity index (χ0) is 20.8. The maximum atomic E-state index is 12.4. The van der Waals surface area contributed by atoms with E-state index in [4.69, 9.17) is 9.57 Å². The molecule has 0 unspecified atom stereocenters. The highest BCUT2D eigenvalue weighted by Gasteiger charge is 2.29. The number of nitro benzene ring substituents is 1. The molecule has 2 aliphatic heterocycles. The Morgan fingerprint density at radius 3 is 2.66 bits per heavy atom. The van der Waals surface area contributed by atoms with Gasteiger partial charge in [0.1, 0.15) is 5.69 Å². The topological polar surface area (TPSA) is 97.5 Å². The second-order valence-electron chi connectivity index (χ2n) is 7.54. The van der Waals surface area contributed by atoms with E-state index in [-0.39, 0.29) is 30.3 Å². The summed E-state index contributed by atoms with van der Waals surface area (Å²) < 4.78 is 5.31. The van der Waals surface area contributed by atoms with E-state index >= 15 is 0 Å². The predicted octanol–water partition coefficient (Wildman–Crippen LogP) is 2.57. The molecular weight excluding hydrogens is 376 g/mol. The van der Waals surface area contributed by atoms with Gasteiger partial charge in [-0.15, -0.1) is 0 Å². The molecule has 2 atom stereocenters. The maximum absolute atomic E-state index is 12.4. The number of hydrogen-bond donors (Lipinski definition) is 0. The van der Waals surface area contributed by atoms with Crippen molar-refractivity contribution in [2.75, 3.05) is 37.8 Å². The molecule has 29 heavy (non-hydrogen) atoms. The first-order valence-electron chi connectivity index (χ1n) is 10.0. The summed E-state index contributed by atoms with van der Waals surface area (Å²) in [7, 11) is 0. The van der Waals surface area contributed by atoms with Gasteiger partial charge in [-0.1, -0.05) is 11.2 Å². The monoisotopic (exact) mass is 404 g/mol. The third kappa shape index (κ3) is 5.23. The Kier molecular flexibility index (Phi) is 7.03. The third-order valence-corrected chi connectivity index (χ3v) is 5.49. The highest BCUT2D eigenvalue weighted by Crippen LogP contribution is 2.29. The van der Waals surface area contributed by atoms with Crippen molar-refractivity contribution in [3.8, 4) is 0 Å². The maximum Gasteiger partial charge on any atom is 0.293 e. The van der Waals surface area contributed by atoms with Crippen molar-refractivity contribution in [2.45, 2.75) is 45.2 Å². The fourth-order valence-electron chi connectivity index (χ4n) is 4.02. The number of likely N-dealkylation sites (tertiary alicyclic amines) is 1. The zero-order valence-electron chi connectivity index (χ0n) is 17.0. The van der Waals surface area contributed by atoms with Crippen molar-refractivity contribution in [2.24, 2.45) is 5.16 Å². The summed E-state index contributed by atoms with van der Waals surface area (Å²) in [5, 5.41) is 15.3. The lowest BCUT2D eigenvalue weighted by atomic mass is 9.97. The normalized spacial score (nSPS) is 22.7. The molecule has 3 rings (SSSR count). The Morgan fingerprint density at radius 2 is 2.00 bits per heavy atom. The number of hydrogen-bond acceptors (Lipinski definition) is 7. The van der Waals surface area contributed by atoms with Gasteiger partial charge in [-0.2, -0.15) is 0 Å². The van der Waals surface area contributed by atoms with Crippen LogP contribution < -0.4 is 4.90 Å². The second kappa shape index (κ2) is 9.69. The Bertz CT molecular complexity index is 753. The first kappa shape index (κ1) is 21.0. The van der Waals surface area contributed by atoms with Crippen LogP contribution in [0.1, 0.15) is 38.7 Å². The van der Waals surface area contributed by atoms with E-state index in [1.807, 2.05) is 23.6 Å². The summed E-state index contributed by atoms with van der Waals surface area (Å²) in [6.07, 6.45) is 4.52. The molecule has 9 heteroatoms. The van der Waals surface area contributed by atoms with Crippen LogP contribution in [0, 0.1) is 10.1 Å². The van der Waals surface area contributed by atoms with Crippen molar-refractivity contribution in [1.82, 2.24) is 4.90 Å². The number of rotatable bonds is 6. The van der Waals surface area contributed by atoms with E-state index in [1.54, 1.807) is 12.1 Å². The molecule has 0 aromatic heterocycles. The van der Waals surface area contributed by atoms with Gasteiger partial charge < -0.3 is 19.4 Å². The summed E-state index contributed by atoms with van der Waals surface area (Å²) >= 11 is 0. The molecule has 0 aliphatic carbocycles. The summed E-state index contributed by atoms with van der Waals surface area (Å²) in [5.41, 5.74) is 1.13. The number of amides is 1. The Labute approximate surface area is 170 Å². The van der Waals surface area contributed by atoms with Crippen molar-refractivity contribution >= 4 is 23.5 Å². The van der Waals surface area contributed by atoms with Gasteiger partial charge in [0.15, 0.2) is 6.61 Å².